The molecule has 1 atom stereocenters. The minimum atomic E-state index is 0.613. The van der Waals surface area contributed by atoms with E-state index >= 15 is 0 Å². The zero-order chi connectivity index (χ0) is 9.97. The van der Waals surface area contributed by atoms with Crippen LogP contribution >= 0.6 is 0 Å². The highest BCUT2D eigenvalue weighted by Gasteiger charge is 2.05. The number of pyridine rings is 1. The molecule has 2 rings (SSSR count). The van der Waals surface area contributed by atoms with E-state index in [9.17, 15) is 0 Å². The zero-order valence-electron chi connectivity index (χ0n) is 8.64. The summed E-state index contributed by atoms with van der Waals surface area (Å²) in [5.41, 5.74) is 2.29. The Labute approximate surface area is 83.8 Å². The third-order valence-corrected chi connectivity index (χ3v) is 2.60. The fourth-order valence-electron chi connectivity index (χ4n) is 1.74. The van der Waals surface area contributed by atoms with Crippen molar-refractivity contribution in [1.82, 2.24) is 14.6 Å². The molecule has 14 heavy (non-hydrogen) atoms. The van der Waals surface area contributed by atoms with Gasteiger partial charge in [0.25, 0.3) is 0 Å². The predicted molar refractivity (Wildman–Crippen MR) is 56.3 cm³/mol. The molecule has 2 aromatic heterocycles. The predicted octanol–water partition coefficient (Wildman–Crippen LogP) is 2.63. The monoisotopic (exact) mass is 189 g/mol. The second-order valence-electron chi connectivity index (χ2n) is 3.71. The third kappa shape index (κ3) is 1.62. The molecule has 0 saturated heterocycles. The Balaban J connectivity index is 2.33. The maximum atomic E-state index is 4.17. The SMILES string of the molecule is CCCC(C)c1ccn2ncnc2c1. The third-order valence-electron chi connectivity index (χ3n) is 2.60. The molecule has 2 aromatic rings. The van der Waals surface area contributed by atoms with Crippen LogP contribution in [-0.2, 0) is 0 Å². The molecule has 3 heteroatoms. The van der Waals surface area contributed by atoms with Crippen LogP contribution in [0.1, 0.15) is 38.2 Å². The lowest BCUT2D eigenvalue weighted by molar-refractivity contribution is 0.664. The van der Waals surface area contributed by atoms with E-state index in [1.54, 1.807) is 10.8 Å². The van der Waals surface area contributed by atoms with Crippen molar-refractivity contribution in [2.45, 2.75) is 32.6 Å². The minimum Gasteiger partial charge on any atom is -0.221 e. The quantitative estimate of drug-likeness (QED) is 0.743. The van der Waals surface area contributed by atoms with Crippen LogP contribution in [0.5, 0.6) is 0 Å². The molecule has 0 spiro atoms. The van der Waals surface area contributed by atoms with Crippen molar-refractivity contribution in [2.75, 3.05) is 0 Å². The number of fused-ring (bicyclic) bond motifs is 1. The van der Waals surface area contributed by atoms with Gasteiger partial charge in [-0.1, -0.05) is 20.3 Å². The number of hydrogen-bond acceptors (Lipinski definition) is 2. The Morgan fingerprint density at radius 1 is 1.50 bits per heavy atom. The second-order valence-corrected chi connectivity index (χ2v) is 3.71. The van der Waals surface area contributed by atoms with Gasteiger partial charge in [0.1, 0.15) is 6.33 Å². The summed E-state index contributed by atoms with van der Waals surface area (Å²) in [4.78, 5) is 4.17. The second kappa shape index (κ2) is 3.78. The van der Waals surface area contributed by atoms with Crippen LogP contribution in [0.2, 0.25) is 0 Å². The van der Waals surface area contributed by atoms with Crippen molar-refractivity contribution in [2.24, 2.45) is 0 Å². The summed E-state index contributed by atoms with van der Waals surface area (Å²) in [6.07, 6.45) is 6.01. The van der Waals surface area contributed by atoms with Gasteiger partial charge in [-0.05, 0) is 30.0 Å². The van der Waals surface area contributed by atoms with Crippen LogP contribution in [0.3, 0.4) is 0 Å². The van der Waals surface area contributed by atoms with E-state index in [0.717, 1.165) is 5.65 Å². The summed E-state index contributed by atoms with van der Waals surface area (Å²) in [6, 6.07) is 4.25. The van der Waals surface area contributed by atoms with Crippen molar-refractivity contribution in [3.8, 4) is 0 Å². The van der Waals surface area contributed by atoms with Gasteiger partial charge in [0.05, 0.1) is 0 Å². The topological polar surface area (TPSA) is 30.2 Å². The zero-order valence-corrected chi connectivity index (χ0v) is 8.64. The average molecular weight is 189 g/mol. The normalized spacial score (nSPS) is 13.3. The lowest BCUT2D eigenvalue weighted by Gasteiger charge is -2.09. The Kier molecular flexibility index (Phi) is 2.48. The molecule has 0 bridgehead atoms. The molecule has 0 N–H and O–H groups in total. The summed E-state index contributed by atoms with van der Waals surface area (Å²) < 4.78 is 1.79. The van der Waals surface area contributed by atoms with Gasteiger partial charge in [0.15, 0.2) is 5.65 Å². The van der Waals surface area contributed by atoms with Crippen molar-refractivity contribution >= 4 is 5.65 Å². The first kappa shape index (κ1) is 9.19. The van der Waals surface area contributed by atoms with Crippen LogP contribution in [0.15, 0.2) is 24.7 Å². The number of hydrogen-bond donors (Lipinski definition) is 0. The molecule has 74 valence electrons. The molecule has 3 nitrogen and oxygen atoms in total. The van der Waals surface area contributed by atoms with Gasteiger partial charge in [-0.3, -0.25) is 0 Å². The van der Waals surface area contributed by atoms with Crippen LogP contribution in [0.25, 0.3) is 5.65 Å². The smallest absolute Gasteiger partial charge is 0.155 e. The molecule has 1 unspecified atom stereocenters. The van der Waals surface area contributed by atoms with E-state index in [-0.39, 0.29) is 0 Å². The largest absolute Gasteiger partial charge is 0.221 e. The highest BCUT2D eigenvalue weighted by molar-refractivity contribution is 5.40. The van der Waals surface area contributed by atoms with E-state index < -0.39 is 0 Å². The fraction of sp³-hybridized carbons (Fsp3) is 0.455. The number of rotatable bonds is 3. The van der Waals surface area contributed by atoms with E-state index in [1.807, 2.05) is 6.20 Å². The first-order valence-corrected chi connectivity index (χ1v) is 5.10. The Morgan fingerprint density at radius 2 is 2.36 bits per heavy atom. The van der Waals surface area contributed by atoms with Crippen LogP contribution < -0.4 is 0 Å². The molecule has 0 radical (unpaired) electrons. The Morgan fingerprint density at radius 3 is 3.14 bits per heavy atom. The molecule has 0 saturated carbocycles. The first-order valence-electron chi connectivity index (χ1n) is 5.10. The van der Waals surface area contributed by atoms with Crippen molar-refractivity contribution in [3.05, 3.63) is 30.2 Å². The van der Waals surface area contributed by atoms with Crippen LogP contribution in [0, 0.1) is 0 Å². The lowest BCUT2D eigenvalue weighted by atomic mass is 9.98. The van der Waals surface area contributed by atoms with Gasteiger partial charge in [-0.15, -0.1) is 0 Å². The summed E-state index contributed by atoms with van der Waals surface area (Å²) in [7, 11) is 0. The molecule has 2 heterocycles. The van der Waals surface area contributed by atoms with Gasteiger partial charge in [0.2, 0.25) is 0 Å². The van der Waals surface area contributed by atoms with Crippen molar-refractivity contribution in [3.63, 3.8) is 0 Å². The van der Waals surface area contributed by atoms with E-state index in [1.165, 1.54) is 18.4 Å². The maximum Gasteiger partial charge on any atom is 0.155 e. The highest BCUT2D eigenvalue weighted by Crippen LogP contribution is 2.20. The van der Waals surface area contributed by atoms with E-state index in [4.69, 9.17) is 0 Å². The lowest BCUT2D eigenvalue weighted by Crippen LogP contribution is -1.95. The molecular weight excluding hydrogens is 174 g/mol. The van der Waals surface area contributed by atoms with Crippen LogP contribution in [0.4, 0.5) is 0 Å². The maximum absolute atomic E-state index is 4.17. The van der Waals surface area contributed by atoms with Gasteiger partial charge in [-0.25, -0.2) is 9.50 Å². The molecule has 0 aliphatic rings. The van der Waals surface area contributed by atoms with E-state index in [2.05, 4.69) is 36.1 Å². The van der Waals surface area contributed by atoms with Crippen molar-refractivity contribution in [1.29, 1.82) is 0 Å². The van der Waals surface area contributed by atoms with Gasteiger partial charge >= 0.3 is 0 Å². The Hall–Kier alpha value is -1.38. The van der Waals surface area contributed by atoms with Crippen LogP contribution in [-0.4, -0.2) is 14.6 Å². The number of nitrogens with zero attached hydrogens (tertiary/aromatic N) is 3. The molecular formula is C11H15N3. The molecule has 0 amide bonds. The van der Waals surface area contributed by atoms with Gasteiger partial charge < -0.3 is 0 Å². The van der Waals surface area contributed by atoms with Gasteiger partial charge in [-0.2, -0.15) is 5.10 Å². The molecule has 0 aromatic carbocycles. The fourth-order valence-corrected chi connectivity index (χ4v) is 1.74. The van der Waals surface area contributed by atoms with E-state index in [0.29, 0.717) is 5.92 Å². The standard InChI is InChI=1S/C11H15N3/c1-3-4-9(2)10-5-6-14-11(7-10)12-8-13-14/h5-9H,3-4H2,1-2H3. The molecule has 0 aliphatic carbocycles. The van der Waals surface area contributed by atoms with Crippen molar-refractivity contribution < 1.29 is 0 Å². The Bertz CT molecular complexity index is 419. The average Bonchev–Trinajstić information content (AvgIpc) is 2.64. The van der Waals surface area contributed by atoms with Gasteiger partial charge in [0, 0.05) is 6.20 Å². The number of aromatic nitrogens is 3. The summed E-state index contributed by atoms with van der Waals surface area (Å²) in [5, 5.41) is 4.07. The molecule has 0 aliphatic heterocycles. The summed E-state index contributed by atoms with van der Waals surface area (Å²) in [5.74, 6) is 0.613. The first-order chi connectivity index (χ1) is 6.81. The minimum absolute atomic E-state index is 0.613. The summed E-state index contributed by atoms with van der Waals surface area (Å²) >= 11 is 0. The highest BCUT2D eigenvalue weighted by atomic mass is 15.3. The summed E-state index contributed by atoms with van der Waals surface area (Å²) in [6.45, 7) is 4.47. The molecule has 0 fully saturated rings.